The third kappa shape index (κ3) is 3.26. The minimum absolute atomic E-state index is 0.0729. The first-order valence-corrected chi connectivity index (χ1v) is 7.89. The lowest BCUT2D eigenvalue weighted by molar-refractivity contribution is 0.165. The van der Waals surface area contributed by atoms with E-state index in [0.29, 0.717) is 10.9 Å². The zero-order chi connectivity index (χ0) is 15.5. The molecular weight excluding hydrogens is 297 g/mol. The second kappa shape index (κ2) is 6.30. The number of aromatic nitrogens is 1. The highest BCUT2D eigenvalue weighted by molar-refractivity contribution is 7.48. The van der Waals surface area contributed by atoms with Crippen LogP contribution in [0.5, 0.6) is 11.5 Å². The van der Waals surface area contributed by atoms with Crippen molar-refractivity contribution in [2.45, 2.75) is 13.8 Å². The molecule has 0 aliphatic carbocycles. The molecule has 114 valence electrons. The molecule has 0 fully saturated rings. The van der Waals surface area contributed by atoms with Crippen molar-refractivity contribution < 1.29 is 23.2 Å². The number of phosphoric ester groups is 1. The van der Waals surface area contributed by atoms with Gasteiger partial charge in [0.2, 0.25) is 5.75 Å². The van der Waals surface area contributed by atoms with Gasteiger partial charge in [-0.3, -0.25) is 13.8 Å². The first-order valence-electron chi connectivity index (χ1n) is 6.43. The number of rotatable bonds is 6. The highest BCUT2D eigenvalue weighted by Crippen LogP contribution is 2.50. The third-order valence-electron chi connectivity index (χ3n) is 2.63. The van der Waals surface area contributed by atoms with E-state index < -0.39 is 24.9 Å². The van der Waals surface area contributed by atoms with Crippen LogP contribution in [0.3, 0.4) is 0 Å². The van der Waals surface area contributed by atoms with Crippen molar-refractivity contribution in [1.29, 1.82) is 0 Å². The molecule has 0 radical (unpaired) electrons. The molecule has 0 aliphatic rings. The molecule has 2 N–H and O–H groups in total. The van der Waals surface area contributed by atoms with Gasteiger partial charge in [0.05, 0.1) is 18.7 Å². The summed E-state index contributed by atoms with van der Waals surface area (Å²) >= 11 is 0. The molecule has 8 heteroatoms. The van der Waals surface area contributed by atoms with Gasteiger partial charge in [0.25, 0.3) is 5.56 Å². The molecule has 0 unspecified atom stereocenters. The summed E-state index contributed by atoms with van der Waals surface area (Å²) in [6.45, 7) is 3.37. The summed E-state index contributed by atoms with van der Waals surface area (Å²) < 4.78 is 27.2. The van der Waals surface area contributed by atoms with Gasteiger partial charge in [-0.05, 0) is 26.0 Å². The van der Waals surface area contributed by atoms with Crippen molar-refractivity contribution in [3.8, 4) is 11.5 Å². The molecule has 2 aromatic rings. The first-order chi connectivity index (χ1) is 10.0. The molecule has 0 bridgehead atoms. The third-order valence-corrected chi connectivity index (χ3v) is 4.18. The van der Waals surface area contributed by atoms with Crippen LogP contribution in [0.4, 0.5) is 0 Å². The van der Waals surface area contributed by atoms with Crippen LogP contribution in [-0.4, -0.2) is 23.3 Å². The number of phosphoric acid groups is 1. The van der Waals surface area contributed by atoms with Crippen molar-refractivity contribution in [3.05, 3.63) is 34.6 Å². The van der Waals surface area contributed by atoms with Crippen molar-refractivity contribution in [2.75, 3.05) is 13.2 Å². The van der Waals surface area contributed by atoms with Gasteiger partial charge in [-0.15, -0.1) is 0 Å². The number of fused-ring (bicyclic) bond motifs is 1. The van der Waals surface area contributed by atoms with Gasteiger partial charge in [-0.25, -0.2) is 4.57 Å². The summed E-state index contributed by atoms with van der Waals surface area (Å²) in [5.74, 6) is -0.895. The fourth-order valence-corrected chi connectivity index (χ4v) is 3.02. The fraction of sp³-hybridized carbons (Fsp3) is 0.308. The molecule has 0 saturated heterocycles. The molecular formula is C13H16NO6P. The molecule has 2 rings (SSSR count). The molecule has 0 aliphatic heterocycles. The van der Waals surface area contributed by atoms with E-state index in [-0.39, 0.29) is 13.2 Å². The van der Waals surface area contributed by atoms with Crippen LogP contribution in [0.2, 0.25) is 0 Å². The number of hydrogen-bond donors (Lipinski definition) is 2. The molecule has 1 aromatic heterocycles. The minimum Gasteiger partial charge on any atom is -0.504 e. The summed E-state index contributed by atoms with van der Waals surface area (Å²) in [5.41, 5.74) is -0.277. The zero-order valence-corrected chi connectivity index (χ0v) is 12.6. The Hall–Kier alpha value is -1.82. The van der Waals surface area contributed by atoms with Gasteiger partial charge in [0, 0.05) is 5.39 Å². The molecule has 1 heterocycles. The van der Waals surface area contributed by atoms with E-state index in [9.17, 15) is 14.5 Å². The van der Waals surface area contributed by atoms with Crippen LogP contribution < -0.4 is 10.1 Å². The van der Waals surface area contributed by atoms with Crippen molar-refractivity contribution in [2.24, 2.45) is 0 Å². The normalized spacial score (nSPS) is 11.7. The summed E-state index contributed by atoms with van der Waals surface area (Å²) in [5, 5.41) is 10.5. The smallest absolute Gasteiger partial charge is 0.504 e. The Labute approximate surface area is 121 Å². The average Bonchev–Trinajstić information content (AvgIpc) is 2.44. The molecule has 0 spiro atoms. The molecule has 0 amide bonds. The Balaban J connectivity index is 2.51. The second-order valence-electron chi connectivity index (χ2n) is 4.05. The van der Waals surface area contributed by atoms with Gasteiger partial charge >= 0.3 is 7.82 Å². The lowest BCUT2D eigenvalue weighted by Gasteiger charge is -2.17. The number of nitrogens with one attached hydrogen (secondary N) is 1. The van der Waals surface area contributed by atoms with Crippen LogP contribution in [0.1, 0.15) is 13.8 Å². The molecule has 7 nitrogen and oxygen atoms in total. The monoisotopic (exact) mass is 313 g/mol. The van der Waals surface area contributed by atoms with Gasteiger partial charge < -0.3 is 14.6 Å². The predicted octanol–water partition coefficient (Wildman–Crippen LogP) is 2.79. The molecule has 0 atom stereocenters. The molecule has 1 aromatic carbocycles. The molecule has 0 saturated carbocycles. The summed E-state index contributed by atoms with van der Waals surface area (Å²) in [6, 6.07) is 6.63. The Morgan fingerprint density at radius 3 is 2.43 bits per heavy atom. The number of para-hydroxylation sites is 1. The number of aromatic hydroxyl groups is 1. The van der Waals surface area contributed by atoms with E-state index in [1.165, 1.54) is 0 Å². The van der Waals surface area contributed by atoms with Crippen LogP contribution in [-0.2, 0) is 13.6 Å². The van der Waals surface area contributed by atoms with E-state index in [1.807, 2.05) is 0 Å². The Kier molecular flexibility index (Phi) is 4.67. The lowest BCUT2D eigenvalue weighted by Crippen LogP contribution is -2.12. The summed E-state index contributed by atoms with van der Waals surface area (Å²) in [6.07, 6.45) is 0. The Morgan fingerprint density at radius 2 is 1.81 bits per heavy atom. The Morgan fingerprint density at radius 1 is 1.19 bits per heavy atom. The number of pyridine rings is 1. The van der Waals surface area contributed by atoms with Crippen molar-refractivity contribution in [1.82, 2.24) is 4.98 Å². The van der Waals surface area contributed by atoms with Crippen LogP contribution >= 0.6 is 7.82 Å². The van der Waals surface area contributed by atoms with Crippen LogP contribution in [0.25, 0.3) is 10.9 Å². The summed E-state index contributed by atoms with van der Waals surface area (Å²) in [7, 11) is -3.95. The maximum Gasteiger partial charge on any atom is 0.530 e. The van der Waals surface area contributed by atoms with E-state index in [0.717, 1.165) is 0 Å². The quantitative estimate of drug-likeness (QED) is 0.796. The van der Waals surface area contributed by atoms with E-state index in [4.69, 9.17) is 13.6 Å². The van der Waals surface area contributed by atoms with Gasteiger partial charge in [-0.2, -0.15) is 0 Å². The number of H-pyrrole nitrogens is 1. The largest absolute Gasteiger partial charge is 0.530 e. The van der Waals surface area contributed by atoms with Crippen LogP contribution in [0.15, 0.2) is 29.1 Å². The molecule has 21 heavy (non-hydrogen) atoms. The number of hydrogen-bond acceptors (Lipinski definition) is 6. The van der Waals surface area contributed by atoms with Crippen molar-refractivity contribution in [3.63, 3.8) is 0 Å². The highest BCUT2D eigenvalue weighted by atomic mass is 31.2. The minimum atomic E-state index is -3.95. The first kappa shape index (κ1) is 15.6. The maximum absolute atomic E-state index is 12.3. The van der Waals surface area contributed by atoms with E-state index in [1.54, 1.807) is 38.1 Å². The van der Waals surface area contributed by atoms with Gasteiger partial charge in [-0.1, -0.05) is 12.1 Å². The highest BCUT2D eigenvalue weighted by Gasteiger charge is 2.30. The predicted molar refractivity (Wildman–Crippen MR) is 77.7 cm³/mol. The lowest BCUT2D eigenvalue weighted by atomic mass is 10.2. The van der Waals surface area contributed by atoms with Gasteiger partial charge in [0.15, 0.2) is 5.75 Å². The topological polar surface area (TPSA) is 97.8 Å². The average molecular weight is 313 g/mol. The SMILES string of the molecule is CCOP(=O)(OCC)Oc1c(O)c2ccccc2[nH]c1=O. The van der Waals surface area contributed by atoms with Gasteiger partial charge in [0.1, 0.15) is 0 Å². The number of benzene rings is 1. The van der Waals surface area contributed by atoms with Crippen LogP contribution in [0, 0.1) is 0 Å². The summed E-state index contributed by atoms with van der Waals surface area (Å²) in [4.78, 5) is 14.5. The number of aromatic amines is 1. The zero-order valence-electron chi connectivity index (χ0n) is 11.7. The maximum atomic E-state index is 12.3. The van der Waals surface area contributed by atoms with E-state index >= 15 is 0 Å². The second-order valence-corrected chi connectivity index (χ2v) is 5.64. The fourth-order valence-electron chi connectivity index (χ4n) is 1.81. The Bertz CT molecular complexity index is 731. The van der Waals surface area contributed by atoms with E-state index in [2.05, 4.69) is 4.98 Å². The standard InChI is InChI=1S/C13H16NO6P/c1-3-18-21(17,19-4-2)20-12-11(15)9-7-5-6-8-10(9)14-13(12)16/h5-8H,3-4H2,1-2H3,(H2,14,15,16). The van der Waals surface area contributed by atoms with Crippen molar-refractivity contribution >= 4 is 18.7 Å².